The Bertz CT molecular complexity index is 1050. The number of benzene rings is 1. The molecule has 1 saturated carbocycles. The van der Waals surface area contributed by atoms with E-state index in [2.05, 4.69) is 5.32 Å². The van der Waals surface area contributed by atoms with Crippen LogP contribution >= 0.6 is 11.3 Å². The first kappa shape index (κ1) is 22.5. The fourth-order valence-corrected chi connectivity index (χ4v) is 6.25. The summed E-state index contributed by atoms with van der Waals surface area (Å²) in [4.78, 5) is 25.4. The Morgan fingerprint density at radius 3 is 2.27 bits per heavy atom. The van der Waals surface area contributed by atoms with Gasteiger partial charge in [0.2, 0.25) is 10.0 Å². The lowest BCUT2D eigenvalue weighted by Crippen LogP contribution is -2.38. The molecule has 1 aliphatic rings. The van der Waals surface area contributed by atoms with Gasteiger partial charge in [-0.05, 0) is 56.5 Å². The van der Waals surface area contributed by atoms with Crippen LogP contribution in [-0.4, -0.2) is 37.6 Å². The Hall–Kier alpha value is -2.23. The van der Waals surface area contributed by atoms with Gasteiger partial charge in [-0.25, -0.2) is 8.42 Å². The number of rotatable bonds is 6. The highest BCUT2D eigenvalue weighted by molar-refractivity contribution is 7.89. The van der Waals surface area contributed by atoms with Crippen molar-refractivity contribution in [2.24, 2.45) is 5.73 Å². The zero-order valence-electron chi connectivity index (χ0n) is 17.4. The van der Waals surface area contributed by atoms with Gasteiger partial charge < -0.3 is 11.1 Å². The van der Waals surface area contributed by atoms with E-state index in [0.717, 1.165) is 42.5 Å². The van der Waals surface area contributed by atoms with Gasteiger partial charge in [-0.1, -0.05) is 19.3 Å². The third-order valence-electron chi connectivity index (χ3n) is 5.74. The lowest BCUT2D eigenvalue weighted by atomic mass is 9.96. The molecule has 7 nitrogen and oxygen atoms in total. The van der Waals surface area contributed by atoms with E-state index in [9.17, 15) is 18.0 Å². The van der Waals surface area contributed by atoms with Crippen molar-refractivity contribution in [3.8, 4) is 0 Å². The minimum Gasteiger partial charge on any atom is -0.365 e. The van der Waals surface area contributed by atoms with Crippen LogP contribution in [0.25, 0.3) is 0 Å². The summed E-state index contributed by atoms with van der Waals surface area (Å²) in [6.45, 7) is 3.63. The standard InChI is InChI=1S/C21H27N3O4S2/c1-13-14(2)29-21(18(13)19(22)25)23-20(26)15-9-11-17(12-10-15)30(27,28)24(3)16-7-5-4-6-8-16/h9-12,16H,4-8H2,1-3H3,(H2,22,25)(H,23,26). The molecule has 30 heavy (non-hydrogen) atoms. The monoisotopic (exact) mass is 449 g/mol. The molecular formula is C21H27N3O4S2. The summed E-state index contributed by atoms with van der Waals surface area (Å²) >= 11 is 1.28. The summed E-state index contributed by atoms with van der Waals surface area (Å²) < 4.78 is 27.3. The molecule has 0 aliphatic heterocycles. The maximum absolute atomic E-state index is 12.9. The number of primary amides is 1. The zero-order chi connectivity index (χ0) is 22.1. The lowest BCUT2D eigenvalue weighted by molar-refractivity contribution is 0.100. The van der Waals surface area contributed by atoms with Crippen molar-refractivity contribution in [2.75, 3.05) is 12.4 Å². The quantitative estimate of drug-likeness (QED) is 0.701. The molecule has 9 heteroatoms. The highest BCUT2D eigenvalue weighted by Gasteiger charge is 2.29. The minimum atomic E-state index is -3.62. The second-order valence-corrected chi connectivity index (χ2v) is 10.9. The number of carbonyl (C=O) groups is 2. The molecule has 1 heterocycles. The van der Waals surface area contributed by atoms with Gasteiger partial charge in [0.05, 0.1) is 10.5 Å². The smallest absolute Gasteiger partial charge is 0.256 e. The maximum Gasteiger partial charge on any atom is 0.256 e. The number of nitrogens with two attached hydrogens (primary N) is 1. The van der Waals surface area contributed by atoms with Crippen LogP contribution in [-0.2, 0) is 10.0 Å². The van der Waals surface area contributed by atoms with E-state index in [1.54, 1.807) is 14.0 Å². The second kappa shape index (κ2) is 8.87. The molecule has 1 aliphatic carbocycles. The third kappa shape index (κ3) is 4.43. The van der Waals surface area contributed by atoms with Crippen LogP contribution in [0, 0.1) is 13.8 Å². The molecule has 0 saturated heterocycles. The first-order valence-corrected chi connectivity index (χ1v) is 12.2. The number of anilines is 1. The molecule has 2 aromatic rings. The molecule has 1 fully saturated rings. The number of hydrogen-bond donors (Lipinski definition) is 2. The molecule has 1 aromatic carbocycles. The van der Waals surface area contributed by atoms with Gasteiger partial charge in [-0.2, -0.15) is 4.31 Å². The van der Waals surface area contributed by atoms with E-state index in [0.29, 0.717) is 16.1 Å². The minimum absolute atomic E-state index is 0.0178. The number of nitrogens with zero attached hydrogens (tertiary/aromatic N) is 1. The number of hydrogen-bond acceptors (Lipinski definition) is 5. The van der Waals surface area contributed by atoms with Gasteiger partial charge in [-0.15, -0.1) is 11.3 Å². The fraction of sp³-hybridized carbons (Fsp3) is 0.429. The van der Waals surface area contributed by atoms with Crippen LogP contribution in [0.2, 0.25) is 0 Å². The molecule has 0 unspecified atom stereocenters. The Morgan fingerprint density at radius 2 is 1.70 bits per heavy atom. The van der Waals surface area contributed by atoms with E-state index in [4.69, 9.17) is 5.73 Å². The number of sulfonamides is 1. The Morgan fingerprint density at radius 1 is 1.10 bits per heavy atom. The van der Waals surface area contributed by atoms with E-state index < -0.39 is 21.8 Å². The topological polar surface area (TPSA) is 110 Å². The Balaban J connectivity index is 1.78. The van der Waals surface area contributed by atoms with Crippen LogP contribution < -0.4 is 11.1 Å². The van der Waals surface area contributed by atoms with E-state index in [1.165, 1.54) is 39.9 Å². The van der Waals surface area contributed by atoms with E-state index in [-0.39, 0.29) is 10.9 Å². The molecule has 0 atom stereocenters. The molecule has 3 rings (SSSR count). The predicted molar refractivity (Wildman–Crippen MR) is 119 cm³/mol. The fourth-order valence-electron chi connectivity index (χ4n) is 3.77. The van der Waals surface area contributed by atoms with Crippen molar-refractivity contribution >= 4 is 38.2 Å². The highest BCUT2D eigenvalue weighted by Crippen LogP contribution is 2.32. The van der Waals surface area contributed by atoms with Crippen LogP contribution in [0.15, 0.2) is 29.2 Å². The van der Waals surface area contributed by atoms with Crippen LogP contribution in [0.1, 0.15) is 63.3 Å². The zero-order valence-corrected chi connectivity index (χ0v) is 19.0. The number of nitrogens with one attached hydrogen (secondary N) is 1. The van der Waals surface area contributed by atoms with Gasteiger partial charge in [0, 0.05) is 23.5 Å². The lowest BCUT2D eigenvalue weighted by Gasteiger charge is -2.30. The summed E-state index contributed by atoms with van der Waals surface area (Å²) in [7, 11) is -1.99. The summed E-state index contributed by atoms with van der Waals surface area (Å²) in [6.07, 6.45) is 4.97. The normalized spacial score (nSPS) is 15.3. The summed E-state index contributed by atoms with van der Waals surface area (Å²) in [5.74, 6) is -1.03. The molecule has 0 bridgehead atoms. The average Bonchev–Trinajstić information content (AvgIpc) is 3.01. The van der Waals surface area contributed by atoms with Crippen molar-refractivity contribution < 1.29 is 18.0 Å². The molecule has 1 aromatic heterocycles. The maximum atomic E-state index is 12.9. The molecule has 3 N–H and O–H groups in total. The molecule has 2 amide bonds. The SMILES string of the molecule is Cc1sc(NC(=O)c2ccc(S(=O)(=O)N(C)C3CCCCC3)cc2)c(C(N)=O)c1C. The van der Waals surface area contributed by atoms with Crippen molar-refractivity contribution in [1.82, 2.24) is 4.31 Å². The van der Waals surface area contributed by atoms with Crippen molar-refractivity contribution in [1.29, 1.82) is 0 Å². The van der Waals surface area contributed by atoms with Crippen molar-refractivity contribution in [3.63, 3.8) is 0 Å². The van der Waals surface area contributed by atoms with Gasteiger partial charge in [-0.3, -0.25) is 9.59 Å². The first-order chi connectivity index (χ1) is 14.1. The summed E-state index contributed by atoms with van der Waals surface area (Å²) in [5, 5.41) is 3.12. The van der Waals surface area contributed by atoms with Gasteiger partial charge in [0.15, 0.2) is 0 Å². The predicted octanol–water partition coefficient (Wildman–Crippen LogP) is 3.67. The van der Waals surface area contributed by atoms with Crippen LogP contribution in [0.4, 0.5) is 5.00 Å². The molecular weight excluding hydrogens is 422 g/mol. The van der Waals surface area contributed by atoms with Crippen molar-refractivity contribution in [2.45, 2.75) is 56.9 Å². The van der Waals surface area contributed by atoms with E-state index >= 15 is 0 Å². The average molecular weight is 450 g/mol. The van der Waals surface area contributed by atoms with Crippen LogP contribution in [0.5, 0.6) is 0 Å². The Labute approximate surface area is 181 Å². The highest BCUT2D eigenvalue weighted by atomic mass is 32.2. The molecule has 162 valence electrons. The third-order valence-corrected chi connectivity index (χ3v) is 8.79. The number of aryl methyl sites for hydroxylation is 1. The first-order valence-electron chi connectivity index (χ1n) is 9.92. The Kier molecular flexibility index (Phi) is 6.64. The van der Waals surface area contributed by atoms with Gasteiger partial charge >= 0.3 is 0 Å². The van der Waals surface area contributed by atoms with Gasteiger partial charge in [0.1, 0.15) is 5.00 Å². The summed E-state index contributed by atoms with van der Waals surface area (Å²) in [6, 6.07) is 5.87. The van der Waals surface area contributed by atoms with Crippen molar-refractivity contribution in [3.05, 3.63) is 45.8 Å². The largest absolute Gasteiger partial charge is 0.365 e. The number of carbonyl (C=O) groups excluding carboxylic acids is 2. The van der Waals surface area contributed by atoms with Crippen LogP contribution in [0.3, 0.4) is 0 Å². The number of thiophene rings is 1. The molecule has 0 radical (unpaired) electrons. The van der Waals surface area contributed by atoms with Gasteiger partial charge in [0.25, 0.3) is 11.8 Å². The summed E-state index contributed by atoms with van der Waals surface area (Å²) in [5.41, 5.74) is 6.80. The van der Waals surface area contributed by atoms with E-state index in [1.807, 2.05) is 6.92 Å². The molecule has 0 spiro atoms. The number of amides is 2. The second-order valence-electron chi connectivity index (χ2n) is 7.64.